The quantitative estimate of drug-likeness (QED) is 0.298. The van der Waals surface area contributed by atoms with Gasteiger partial charge >= 0.3 is 12.3 Å². The molecule has 0 saturated carbocycles. The Morgan fingerprint density at radius 3 is 1.08 bits per heavy atom. The Labute approximate surface area is 65.2 Å². The number of quaternary nitrogens is 4. The zero-order valence-corrected chi connectivity index (χ0v) is 5.60. The molecule has 0 amide bonds. The smallest absolute Gasteiger partial charge is 0.395 e. The summed E-state index contributed by atoms with van der Waals surface area (Å²) in [6.45, 7) is 0. The molecule has 2 heterocycles. The minimum atomic E-state index is -1.25. The topological polar surface area (TPSA) is 128 Å². The highest BCUT2D eigenvalue weighted by molar-refractivity contribution is 4.43. The maximum atomic E-state index is 10.6. The fraction of sp³-hybridized carbons (Fsp3) is 1.00. The van der Waals surface area contributed by atoms with E-state index in [2.05, 4.69) is 9.88 Å². The molecule has 4 N–H and O–H groups in total. The highest BCUT2D eigenvalue weighted by Crippen LogP contribution is 1.78. The Kier molecular flexibility index (Phi) is 1.74. The predicted molar refractivity (Wildman–Crippen MR) is 27.1 cm³/mol. The molecule has 0 bridgehead atoms. The molecule has 2 saturated heterocycles. The lowest BCUT2D eigenvalue weighted by molar-refractivity contribution is -1.56. The van der Waals surface area contributed by atoms with Crippen molar-refractivity contribution in [3.05, 3.63) is 20.8 Å². The van der Waals surface area contributed by atoms with Crippen LogP contribution in [0.15, 0.2) is 0 Å². The van der Waals surface area contributed by atoms with Crippen molar-refractivity contribution >= 4 is 0 Å². The monoisotopic (exact) mass is 182 g/mol. The molecular weight excluding hydrogens is 176 g/mol. The van der Waals surface area contributed by atoms with Gasteiger partial charge in [0.25, 0.3) is 0 Å². The van der Waals surface area contributed by atoms with E-state index in [-0.39, 0.29) is 0 Å². The van der Waals surface area contributed by atoms with Crippen molar-refractivity contribution in [2.24, 2.45) is 0 Å². The number of hydroxylamine groups is 8. The summed E-state index contributed by atoms with van der Waals surface area (Å²) >= 11 is 0. The molecule has 12 heavy (non-hydrogen) atoms. The predicted octanol–water partition coefficient (Wildman–Crippen LogP) is -7.11. The first kappa shape index (κ1) is 8.21. The fourth-order valence-corrected chi connectivity index (χ4v) is 1.07. The van der Waals surface area contributed by atoms with Gasteiger partial charge in [-0.3, -0.25) is 0 Å². The number of hydrogen-bond donors (Lipinski definition) is 4. The molecule has 10 heteroatoms. The van der Waals surface area contributed by atoms with Crippen LogP contribution in [0.1, 0.15) is 0 Å². The van der Waals surface area contributed by atoms with Gasteiger partial charge in [-0.05, 0) is 0 Å². The summed E-state index contributed by atoms with van der Waals surface area (Å²) in [6.07, 6.45) is -2.50. The van der Waals surface area contributed by atoms with Crippen molar-refractivity contribution in [1.82, 2.24) is 0 Å². The van der Waals surface area contributed by atoms with Gasteiger partial charge in [0.05, 0.1) is 0 Å². The van der Waals surface area contributed by atoms with Crippen molar-refractivity contribution in [3.8, 4) is 0 Å². The molecular formula is C2H6N4O6. The van der Waals surface area contributed by atoms with Gasteiger partial charge in [-0.25, -0.2) is 0 Å². The highest BCUT2D eigenvalue weighted by Gasteiger charge is 2.62. The van der Waals surface area contributed by atoms with E-state index in [4.69, 9.17) is 0 Å². The van der Waals surface area contributed by atoms with Crippen molar-refractivity contribution < 1.29 is 30.8 Å². The first-order valence-electron chi connectivity index (χ1n) is 3.12. The Morgan fingerprint density at radius 2 is 0.917 bits per heavy atom. The molecule has 10 nitrogen and oxygen atoms in total. The first-order valence-corrected chi connectivity index (χ1v) is 3.12. The highest BCUT2D eigenvalue weighted by atomic mass is 17.1. The van der Waals surface area contributed by atoms with Crippen LogP contribution in [0.25, 0.3) is 0 Å². The third-order valence-corrected chi connectivity index (χ3v) is 1.75. The van der Waals surface area contributed by atoms with E-state index < -0.39 is 33.2 Å². The normalized spacial score (nSPS) is 59.0. The van der Waals surface area contributed by atoms with Crippen LogP contribution < -0.4 is 20.9 Å². The lowest BCUT2D eigenvalue weighted by Gasteiger charge is -2.49. The van der Waals surface area contributed by atoms with Gasteiger partial charge in [-0.15, -0.1) is 20.9 Å². The second-order valence-corrected chi connectivity index (χ2v) is 2.44. The van der Waals surface area contributed by atoms with Crippen LogP contribution in [0.3, 0.4) is 0 Å². The Morgan fingerprint density at radius 1 is 0.667 bits per heavy atom. The molecule has 4 unspecified atom stereocenters. The first-order chi connectivity index (χ1) is 5.61. The molecule has 70 valence electrons. The van der Waals surface area contributed by atoms with Crippen molar-refractivity contribution in [2.45, 2.75) is 12.3 Å². The third kappa shape index (κ3) is 0.932. The van der Waals surface area contributed by atoms with Crippen LogP contribution >= 0.6 is 0 Å². The third-order valence-electron chi connectivity index (χ3n) is 1.75. The zero-order valence-electron chi connectivity index (χ0n) is 5.60. The molecule has 0 aromatic heterocycles. The lowest BCUT2D eigenvalue weighted by atomic mass is 10.4. The summed E-state index contributed by atoms with van der Waals surface area (Å²) in [6, 6.07) is 0. The zero-order chi connectivity index (χ0) is 8.88. The fourth-order valence-electron chi connectivity index (χ4n) is 1.07. The largest absolute Gasteiger partial charge is 0.590 e. The molecule has 0 aromatic carbocycles. The summed E-state index contributed by atoms with van der Waals surface area (Å²) < 4.78 is 0. The van der Waals surface area contributed by atoms with E-state index in [1.54, 1.807) is 0 Å². The van der Waals surface area contributed by atoms with Crippen molar-refractivity contribution in [2.75, 3.05) is 0 Å². The molecule has 2 aliphatic heterocycles. The van der Waals surface area contributed by atoms with Crippen molar-refractivity contribution in [3.63, 3.8) is 0 Å². The number of rotatable bonds is 1. The summed E-state index contributed by atoms with van der Waals surface area (Å²) in [4.78, 5) is 7.93. The van der Waals surface area contributed by atoms with Gasteiger partial charge in [0, 0.05) is 9.88 Å². The second kappa shape index (κ2) is 2.54. The van der Waals surface area contributed by atoms with E-state index in [0.717, 1.165) is 0 Å². The van der Waals surface area contributed by atoms with Gasteiger partial charge in [-0.2, -0.15) is 0 Å². The van der Waals surface area contributed by atoms with Crippen LogP contribution in [0.5, 0.6) is 0 Å². The van der Waals surface area contributed by atoms with Gasteiger partial charge < -0.3 is 20.8 Å². The molecule has 4 atom stereocenters. The summed E-state index contributed by atoms with van der Waals surface area (Å²) in [5, 5.41) is 38.9. The maximum Gasteiger partial charge on any atom is 0.395 e. The number of nitrogens with one attached hydrogen (secondary N) is 4. The number of hydrogen-bond acceptors (Lipinski definition) is 6. The second-order valence-electron chi connectivity index (χ2n) is 2.44. The molecule has 2 fully saturated rings. The van der Waals surface area contributed by atoms with Gasteiger partial charge in [-0.1, -0.05) is 0 Å². The van der Waals surface area contributed by atoms with Crippen LogP contribution in [0, 0.1) is 20.8 Å². The summed E-state index contributed by atoms with van der Waals surface area (Å²) in [5.41, 5.74) is 0. The molecule has 2 aliphatic rings. The average molecular weight is 182 g/mol. The minimum Gasteiger partial charge on any atom is -0.590 e. The standard InChI is InChI=1S/C2H6N4O6/c7-3-1(4(8)11-3)2-5(9)12-6(2)10/h1-6H. The maximum absolute atomic E-state index is 10.6. The Balaban J connectivity index is 1.99. The van der Waals surface area contributed by atoms with Crippen LogP contribution in [0.4, 0.5) is 0 Å². The molecule has 0 aliphatic carbocycles. The molecule has 0 radical (unpaired) electrons. The van der Waals surface area contributed by atoms with E-state index in [9.17, 15) is 20.8 Å². The average Bonchev–Trinajstić information content (AvgIpc) is 2.01. The summed E-state index contributed by atoms with van der Waals surface area (Å²) in [5.74, 6) is 0. The van der Waals surface area contributed by atoms with Crippen LogP contribution in [0.2, 0.25) is 0 Å². The van der Waals surface area contributed by atoms with Gasteiger partial charge in [0.15, 0.2) is 0 Å². The summed E-state index contributed by atoms with van der Waals surface area (Å²) in [7, 11) is 0. The van der Waals surface area contributed by atoms with Crippen molar-refractivity contribution in [1.29, 1.82) is 0 Å². The van der Waals surface area contributed by atoms with E-state index in [1.807, 2.05) is 0 Å². The minimum absolute atomic E-state index is 0.838. The van der Waals surface area contributed by atoms with Crippen LogP contribution in [-0.2, 0) is 9.88 Å². The van der Waals surface area contributed by atoms with Gasteiger partial charge in [0.2, 0.25) is 0 Å². The van der Waals surface area contributed by atoms with Gasteiger partial charge in [0.1, 0.15) is 0 Å². The van der Waals surface area contributed by atoms with E-state index in [0.29, 0.717) is 0 Å². The Hall–Kier alpha value is -0.400. The molecule has 0 aromatic rings. The lowest BCUT2D eigenvalue weighted by Crippen LogP contribution is -3.62. The Bertz CT molecular complexity index is 154. The van der Waals surface area contributed by atoms with E-state index in [1.165, 1.54) is 0 Å². The molecule has 0 spiro atoms. The molecule has 2 rings (SSSR count). The van der Waals surface area contributed by atoms with E-state index >= 15 is 0 Å². The van der Waals surface area contributed by atoms with Crippen LogP contribution in [-0.4, -0.2) is 12.3 Å². The SMILES string of the molecule is [O-][NH+]1O[NH+]([O-])C1C1[NH+]([O-])O[NH+]1[O-].